The zero-order valence-electron chi connectivity index (χ0n) is 9.59. The molecule has 0 fully saturated rings. The van der Waals surface area contributed by atoms with E-state index in [4.69, 9.17) is 0 Å². The molecule has 13 heavy (non-hydrogen) atoms. The average Bonchev–Trinajstić information content (AvgIpc) is 2.03. The first-order valence-electron chi connectivity index (χ1n) is 5.39. The first-order chi connectivity index (χ1) is 6.00. The Kier molecular flexibility index (Phi) is 3.35. The van der Waals surface area contributed by atoms with Crippen LogP contribution in [0.15, 0.2) is 23.3 Å². The molecule has 1 aliphatic carbocycles. The van der Waals surface area contributed by atoms with E-state index in [0.717, 1.165) is 11.8 Å². The van der Waals surface area contributed by atoms with Crippen molar-refractivity contribution in [2.45, 2.75) is 41.0 Å². The molecule has 1 unspecified atom stereocenters. The van der Waals surface area contributed by atoms with Crippen LogP contribution < -0.4 is 0 Å². The predicted octanol–water partition coefficient (Wildman–Crippen LogP) is 4.19. The van der Waals surface area contributed by atoms with E-state index in [9.17, 15) is 0 Å². The van der Waals surface area contributed by atoms with Crippen molar-refractivity contribution in [3.63, 3.8) is 0 Å². The molecule has 74 valence electrons. The molecule has 1 atom stereocenters. The van der Waals surface area contributed by atoms with Gasteiger partial charge < -0.3 is 0 Å². The lowest BCUT2D eigenvalue weighted by Gasteiger charge is -2.24. The molecule has 0 aliphatic heterocycles. The topological polar surface area (TPSA) is 0 Å². The lowest BCUT2D eigenvalue weighted by atomic mass is 9.81. The second-order valence-electron chi connectivity index (χ2n) is 4.92. The van der Waals surface area contributed by atoms with E-state index >= 15 is 0 Å². The Bertz CT molecular complexity index is 228. The Balaban J connectivity index is 2.82. The van der Waals surface area contributed by atoms with Crippen LogP contribution >= 0.6 is 0 Å². The molecule has 0 saturated carbocycles. The Morgan fingerprint density at radius 3 is 2.31 bits per heavy atom. The maximum atomic E-state index is 2.47. The van der Waals surface area contributed by atoms with Gasteiger partial charge in [-0.15, -0.1) is 0 Å². The summed E-state index contributed by atoms with van der Waals surface area (Å²) in [6, 6.07) is 0. The average molecular weight is 178 g/mol. The molecule has 0 saturated heterocycles. The standard InChI is InChI=1S/C13H22/c1-9(2)12-6-11(5)7-13(8-12)10(3)4/h6,8-10,13H,7H2,1-5H3. The van der Waals surface area contributed by atoms with Crippen LogP contribution in [-0.2, 0) is 0 Å². The summed E-state index contributed by atoms with van der Waals surface area (Å²) in [4.78, 5) is 0. The molecule has 0 aromatic rings. The van der Waals surface area contributed by atoms with Crippen molar-refractivity contribution in [1.29, 1.82) is 0 Å². The van der Waals surface area contributed by atoms with Crippen molar-refractivity contribution in [1.82, 2.24) is 0 Å². The highest BCUT2D eigenvalue weighted by Crippen LogP contribution is 2.30. The zero-order valence-corrected chi connectivity index (χ0v) is 9.59. The van der Waals surface area contributed by atoms with E-state index < -0.39 is 0 Å². The quantitative estimate of drug-likeness (QED) is 0.594. The van der Waals surface area contributed by atoms with Gasteiger partial charge >= 0.3 is 0 Å². The van der Waals surface area contributed by atoms with Gasteiger partial charge in [0.2, 0.25) is 0 Å². The highest BCUT2D eigenvalue weighted by Gasteiger charge is 2.17. The van der Waals surface area contributed by atoms with Gasteiger partial charge in [0, 0.05) is 0 Å². The van der Waals surface area contributed by atoms with Crippen molar-refractivity contribution in [2.24, 2.45) is 17.8 Å². The molecule has 0 aromatic carbocycles. The van der Waals surface area contributed by atoms with E-state index in [1.54, 1.807) is 5.57 Å². The third-order valence-corrected chi connectivity index (χ3v) is 2.90. The maximum absolute atomic E-state index is 2.47. The number of allylic oxidation sites excluding steroid dienone is 4. The molecule has 1 aliphatic rings. The normalized spacial score (nSPS) is 23.5. The Hall–Kier alpha value is -0.520. The molecule has 0 heteroatoms. The molecular weight excluding hydrogens is 156 g/mol. The van der Waals surface area contributed by atoms with Crippen molar-refractivity contribution in [3.05, 3.63) is 23.3 Å². The maximum Gasteiger partial charge on any atom is -0.0167 e. The summed E-state index contributed by atoms with van der Waals surface area (Å²) in [5.74, 6) is 2.22. The second-order valence-corrected chi connectivity index (χ2v) is 4.92. The van der Waals surface area contributed by atoms with Gasteiger partial charge in [0.05, 0.1) is 0 Å². The monoisotopic (exact) mass is 178 g/mol. The molecule has 0 aromatic heterocycles. The summed E-state index contributed by atoms with van der Waals surface area (Å²) in [7, 11) is 0. The van der Waals surface area contributed by atoms with E-state index in [1.807, 2.05) is 0 Å². The second kappa shape index (κ2) is 4.13. The molecule has 0 spiro atoms. The predicted molar refractivity (Wildman–Crippen MR) is 59.6 cm³/mol. The lowest BCUT2D eigenvalue weighted by Crippen LogP contribution is -2.12. The van der Waals surface area contributed by atoms with Crippen LogP contribution in [0.3, 0.4) is 0 Å². The minimum absolute atomic E-state index is 0.677. The fourth-order valence-corrected chi connectivity index (χ4v) is 1.86. The molecule has 0 nitrogen and oxygen atoms in total. The first-order valence-corrected chi connectivity index (χ1v) is 5.39. The highest BCUT2D eigenvalue weighted by molar-refractivity contribution is 5.29. The van der Waals surface area contributed by atoms with Gasteiger partial charge in [-0.25, -0.2) is 0 Å². The van der Waals surface area contributed by atoms with E-state index in [2.05, 4.69) is 46.8 Å². The Morgan fingerprint density at radius 1 is 1.23 bits per heavy atom. The summed E-state index contributed by atoms with van der Waals surface area (Å²) >= 11 is 0. The molecule has 0 amide bonds. The van der Waals surface area contributed by atoms with Crippen LogP contribution in [-0.4, -0.2) is 0 Å². The molecule has 0 bridgehead atoms. The molecular formula is C13H22. The third-order valence-electron chi connectivity index (χ3n) is 2.90. The lowest BCUT2D eigenvalue weighted by molar-refractivity contribution is 0.451. The summed E-state index contributed by atoms with van der Waals surface area (Å²) in [6.07, 6.45) is 6.10. The molecule has 0 N–H and O–H groups in total. The van der Waals surface area contributed by atoms with Gasteiger partial charge in [0.1, 0.15) is 0 Å². The van der Waals surface area contributed by atoms with Crippen molar-refractivity contribution >= 4 is 0 Å². The summed E-state index contributed by atoms with van der Waals surface area (Å²) in [5, 5.41) is 0. The van der Waals surface area contributed by atoms with Gasteiger partial charge in [0.15, 0.2) is 0 Å². The number of rotatable bonds is 2. The minimum atomic E-state index is 0.677. The number of hydrogen-bond donors (Lipinski definition) is 0. The minimum Gasteiger partial charge on any atom is -0.0774 e. The van der Waals surface area contributed by atoms with Crippen molar-refractivity contribution < 1.29 is 0 Å². The number of hydrogen-bond acceptors (Lipinski definition) is 0. The van der Waals surface area contributed by atoms with Gasteiger partial charge in [0.25, 0.3) is 0 Å². The van der Waals surface area contributed by atoms with Crippen LogP contribution in [0.4, 0.5) is 0 Å². The molecule has 0 radical (unpaired) electrons. The molecule has 0 heterocycles. The van der Waals surface area contributed by atoms with Crippen LogP contribution in [0.5, 0.6) is 0 Å². The Morgan fingerprint density at radius 2 is 1.85 bits per heavy atom. The van der Waals surface area contributed by atoms with Crippen LogP contribution in [0.2, 0.25) is 0 Å². The summed E-state index contributed by atoms with van der Waals surface area (Å²) in [5.41, 5.74) is 3.08. The smallest absolute Gasteiger partial charge is 0.0167 e. The van der Waals surface area contributed by atoms with Gasteiger partial charge in [-0.05, 0) is 36.7 Å². The Labute approximate surface area is 82.7 Å². The van der Waals surface area contributed by atoms with Crippen LogP contribution in [0, 0.1) is 17.8 Å². The third kappa shape index (κ3) is 2.72. The largest absolute Gasteiger partial charge is 0.0774 e. The van der Waals surface area contributed by atoms with Gasteiger partial charge in [-0.2, -0.15) is 0 Å². The van der Waals surface area contributed by atoms with Crippen molar-refractivity contribution in [3.8, 4) is 0 Å². The summed E-state index contributed by atoms with van der Waals surface area (Å²) < 4.78 is 0. The SMILES string of the molecule is CC1=CC(C(C)C)=CC(C(C)C)C1. The fourth-order valence-electron chi connectivity index (χ4n) is 1.86. The highest BCUT2D eigenvalue weighted by atomic mass is 14.2. The fraction of sp³-hybridized carbons (Fsp3) is 0.692. The summed E-state index contributed by atoms with van der Waals surface area (Å²) in [6.45, 7) is 11.4. The van der Waals surface area contributed by atoms with Crippen LogP contribution in [0.25, 0.3) is 0 Å². The first kappa shape index (κ1) is 10.6. The molecule has 1 rings (SSSR count). The van der Waals surface area contributed by atoms with Gasteiger partial charge in [-0.1, -0.05) is 45.4 Å². The van der Waals surface area contributed by atoms with E-state index in [-0.39, 0.29) is 0 Å². The van der Waals surface area contributed by atoms with Crippen LogP contribution in [0.1, 0.15) is 41.0 Å². The zero-order chi connectivity index (χ0) is 10.0. The van der Waals surface area contributed by atoms with E-state index in [1.165, 1.54) is 12.0 Å². The van der Waals surface area contributed by atoms with E-state index in [0.29, 0.717) is 5.92 Å². The van der Waals surface area contributed by atoms with Crippen molar-refractivity contribution in [2.75, 3.05) is 0 Å². The van der Waals surface area contributed by atoms with Gasteiger partial charge in [-0.3, -0.25) is 0 Å².